The molecule has 3 heterocycles. The second-order valence-corrected chi connectivity index (χ2v) is 14.2. The van der Waals surface area contributed by atoms with Crippen LogP contribution in [0.2, 0.25) is 0 Å². The van der Waals surface area contributed by atoms with Crippen LogP contribution in [0.3, 0.4) is 0 Å². The number of esters is 1. The van der Waals surface area contributed by atoms with Crippen molar-refractivity contribution in [2.24, 2.45) is 11.8 Å². The third kappa shape index (κ3) is 8.25. The summed E-state index contributed by atoms with van der Waals surface area (Å²) in [6.45, 7) is 13.9. The van der Waals surface area contributed by atoms with Crippen molar-refractivity contribution < 1.29 is 38.5 Å². The van der Waals surface area contributed by atoms with Crippen LogP contribution in [0.25, 0.3) is 0 Å². The van der Waals surface area contributed by atoms with Gasteiger partial charge in [0.15, 0.2) is 0 Å². The summed E-state index contributed by atoms with van der Waals surface area (Å²) in [5.41, 5.74) is 1.09. The number of hydrogen-bond acceptors (Lipinski definition) is 9. The normalized spacial score (nSPS) is 23.7. The third-order valence-corrected chi connectivity index (χ3v) is 11.0. The molecule has 0 aliphatic carbocycles. The molecule has 0 unspecified atom stereocenters. The van der Waals surface area contributed by atoms with E-state index in [0.29, 0.717) is 43.4 Å². The van der Waals surface area contributed by atoms with Crippen LogP contribution in [-0.2, 0) is 33.4 Å². The molecule has 0 aromatic heterocycles. The number of benzene rings is 2. The van der Waals surface area contributed by atoms with Crippen LogP contribution in [0.5, 0.6) is 0 Å². The lowest BCUT2D eigenvalue weighted by Crippen LogP contribution is -2.56. The van der Waals surface area contributed by atoms with E-state index >= 15 is 0 Å². The maximum absolute atomic E-state index is 14.9. The quantitative estimate of drug-likeness (QED) is 0.107. The second kappa shape index (κ2) is 18.7. The van der Waals surface area contributed by atoms with Crippen molar-refractivity contribution in [3.05, 3.63) is 85.5 Å². The minimum Gasteiger partial charge on any atom is -0.455 e. The first-order valence-corrected chi connectivity index (χ1v) is 19.2. The predicted octanol–water partition coefficient (Wildman–Crippen LogP) is 4.58. The van der Waals surface area contributed by atoms with Gasteiger partial charge in [0.25, 0.3) is 5.91 Å². The monoisotopic (exact) mass is 744 g/mol. The van der Waals surface area contributed by atoms with Gasteiger partial charge in [-0.05, 0) is 75.8 Å². The topological polar surface area (TPSA) is 138 Å². The molecule has 2 aromatic rings. The highest BCUT2D eigenvalue weighted by molar-refractivity contribution is 6.04. The van der Waals surface area contributed by atoms with E-state index in [1.807, 2.05) is 54.6 Å². The Morgan fingerprint density at radius 1 is 1.06 bits per heavy atom. The SMILES string of the molecule is C=CCCC(=O)N[C@H](COC)[C@H](OC(=O)[C@@H]1[C@H]2C(=O)N(CCCCO)[C@H](C(=O)N(CC=C)c3ccc(N(CC)CC)cc3)[C@]23CC[C@H]1O3)c1ccccc1. The van der Waals surface area contributed by atoms with Crippen molar-refractivity contribution in [2.75, 3.05) is 56.3 Å². The maximum Gasteiger partial charge on any atom is 0.313 e. The zero-order valence-corrected chi connectivity index (χ0v) is 31.9. The Balaban J connectivity index is 1.48. The second-order valence-electron chi connectivity index (χ2n) is 14.2. The van der Waals surface area contributed by atoms with E-state index in [4.69, 9.17) is 14.2 Å². The van der Waals surface area contributed by atoms with Crippen molar-refractivity contribution in [1.82, 2.24) is 10.2 Å². The van der Waals surface area contributed by atoms with E-state index in [1.54, 1.807) is 22.0 Å². The van der Waals surface area contributed by atoms with E-state index in [1.165, 1.54) is 7.11 Å². The molecule has 3 fully saturated rings. The number of anilines is 2. The number of hydrogen-bond donors (Lipinski definition) is 2. The van der Waals surface area contributed by atoms with Crippen LogP contribution < -0.4 is 15.1 Å². The number of likely N-dealkylation sites (tertiary alicyclic amines) is 1. The van der Waals surface area contributed by atoms with Gasteiger partial charge in [-0.3, -0.25) is 19.2 Å². The number of allylic oxidation sites excluding steroid dienone is 1. The van der Waals surface area contributed by atoms with Gasteiger partial charge < -0.3 is 39.3 Å². The van der Waals surface area contributed by atoms with Gasteiger partial charge in [-0.25, -0.2) is 0 Å². The number of carbonyl (C=O) groups is 4. The number of aliphatic hydroxyl groups excluding tert-OH is 1. The molecule has 1 spiro atoms. The Kier molecular flexibility index (Phi) is 14.1. The summed E-state index contributed by atoms with van der Waals surface area (Å²) >= 11 is 0. The molecule has 3 aliphatic rings. The first kappa shape index (κ1) is 40.7. The lowest BCUT2D eigenvalue weighted by atomic mass is 9.70. The van der Waals surface area contributed by atoms with Crippen LogP contribution in [0.15, 0.2) is 79.9 Å². The average Bonchev–Trinajstić information content (AvgIpc) is 3.83. The van der Waals surface area contributed by atoms with E-state index in [0.717, 1.165) is 18.8 Å². The van der Waals surface area contributed by atoms with Gasteiger partial charge >= 0.3 is 5.97 Å². The Hall–Kier alpha value is -4.52. The fraction of sp³-hybridized carbons (Fsp3) is 0.524. The summed E-state index contributed by atoms with van der Waals surface area (Å²) in [6, 6.07) is 15.2. The Bertz CT molecular complexity index is 1620. The number of fused-ring (bicyclic) bond motifs is 1. The van der Waals surface area contributed by atoms with Crippen LogP contribution in [-0.4, -0.2) is 104 Å². The smallest absolute Gasteiger partial charge is 0.313 e. The molecule has 12 nitrogen and oxygen atoms in total. The predicted molar refractivity (Wildman–Crippen MR) is 207 cm³/mol. The summed E-state index contributed by atoms with van der Waals surface area (Å²) < 4.78 is 18.5. The van der Waals surface area contributed by atoms with Crippen molar-refractivity contribution in [3.8, 4) is 0 Å². The Morgan fingerprint density at radius 3 is 2.39 bits per heavy atom. The molecule has 7 atom stereocenters. The molecule has 5 rings (SSSR count). The first-order valence-electron chi connectivity index (χ1n) is 19.2. The Labute approximate surface area is 319 Å². The number of carbonyl (C=O) groups excluding carboxylic acids is 4. The molecule has 0 radical (unpaired) electrons. The fourth-order valence-corrected chi connectivity index (χ4v) is 8.49. The zero-order valence-electron chi connectivity index (χ0n) is 31.9. The van der Waals surface area contributed by atoms with Crippen molar-refractivity contribution >= 4 is 35.1 Å². The zero-order chi connectivity index (χ0) is 38.8. The number of methoxy groups -OCH3 is 1. The van der Waals surface area contributed by atoms with Gasteiger partial charge in [-0.2, -0.15) is 0 Å². The van der Waals surface area contributed by atoms with Gasteiger partial charge in [-0.15, -0.1) is 13.2 Å². The molecule has 2 bridgehead atoms. The molecule has 12 heteroatoms. The molecule has 3 saturated heterocycles. The number of aliphatic hydroxyl groups is 1. The third-order valence-electron chi connectivity index (χ3n) is 11.0. The maximum atomic E-state index is 14.9. The summed E-state index contributed by atoms with van der Waals surface area (Å²) in [6.07, 6.45) is 4.23. The standard InChI is InChI=1S/C42H56N4O8/c1-6-10-18-34(48)43-32(28-52-5)37(29-16-12-11-13-17-29)53-41(51)35-33-23-24-42(54-33)36(35)39(49)46(26-14-15-27-47)38(42)40(50)45(25-7-2)31-21-19-30(20-22-31)44(8-3)9-4/h6-7,11-13,16-17,19-22,32-33,35-38,47H,1-2,8-10,14-15,18,23-28H2,3-5H3,(H,43,48)/t32-,33-,35+,36+,37-,38-,42+/m1/s1. The van der Waals surface area contributed by atoms with Crippen molar-refractivity contribution in [1.29, 1.82) is 0 Å². The van der Waals surface area contributed by atoms with Crippen molar-refractivity contribution in [3.63, 3.8) is 0 Å². The van der Waals surface area contributed by atoms with Gasteiger partial charge in [0.2, 0.25) is 11.8 Å². The molecule has 292 valence electrons. The van der Waals surface area contributed by atoms with E-state index in [2.05, 4.69) is 37.2 Å². The number of rotatable bonds is 21. The van der Waals surface area contributed by atoms with Gasteiger partial charge in [-0.1, -0.05) is 42.5 Å². The van der Waals surface area contributed by atoms with E-state index in [-0.39, 0.29) is 50.4 Å². The number of amides is 3. The minimum absolute atomic E-state index is 0.0577. The molecule has 3 aliphatic heterocycles. The van der Waals surface area contributed by atoms with Crippen LogP contribution >= 0.6 is 0 Å². The molecular formula is C42H56N4O8. The summed E-state index contributed by atoms with van der Waals surface area (Å²) in [4.78, 5) is 62.4. The molecule has 2 aromatic carbocycles. The summed E-state index contributed by atoms with van der Waals surface area (Å²) in [7, 11) is 1.51. The van der Waals surface area contributed by atoms with Crippen LogP contribution in [0.1, 0.15) is 64.0 Å². The van der Waals surface area contributed by atoms with E-state index in [9.17, 15) is 24.3 Å². The number of unbranched alkanes of at least 4 members (excludes halogenated alkanes) is 1. The molecule has 0 saturated carbocycles. The lowest BCUT2D eigenvalue weighted by molar-refractivity contribution is -0.163. The highest BCUT2D eigenvalue weighted by Gasteiger charge is 2.75. The molecular weight excluding hydrogens is 688 g/mol. The minimum atomic E-state index is -1.25. The van der Waals surface area contributed by atoms with E-state index < -0.39 is 47.7 Å². The number of ether oxygens (including phenoxy) is 3. The van der Waals surface area contributed by atoms with Crippen molar-refractivity contribution in [2.45, 2.75) is 82.3 Å². The highest BCUT2D eigenvalue weighted by Crippen LogP contribution is 2.59. The fourth-order valence-electron chi connectivity index (χ4n) is 8.49. The molecule has 3 amide bonds. The first-order chi connectivity index (χ1) is 26.2. The lowest BCUT2D eigenvalue weighted by Gasteiger charge is -2.37. The Morgan fingerprint density at radius 2 is 1.76 bits per heavy atom. The van der Waals surface area contributed by atoms with Gasteiger partial charge in [0.05, 0.1) is 30.6 Å². The summed E-state index contributed by atoms with van der Waals surface area (Å²) in [5, 5.41) is 12.6. The number of nitrogens with zero attached hydrogens (tertiary/aromatic N) is 3. The van der Waals surface area contributed by atoms with Crippen LogP contribution in [0.4, 0.5) is 11.4 Å². The molecule has 54 heavy (non-hydrogen) atoms. The van der Waals surface area contributed by atoms with Crippen LogP contribution in [0, 0.1) is 11.8 Å². The number of nitrogens with one attached hydrogen (secondary N) is 1. The largest absolute Gasteiger partial charge is 0.455 e. The van der Waals surface area contributed by atoms with Gasteiger partial charge in [0.1, 0.15) is 17.7 Å². The highest BCUT2D eigenvalue weighted by atomic mass is 16.6. The average molecular weight is 745 g/mol. The van der Waals surface area contributed by atoms with Gasteiger partial charge in [0, 0.05) is 57.7 Å². The summed E-state index contributed by atoms with van der Waals surface area (Å²) in [5.74, 6) is -3.46. The molecule has 2 N–H and O–H groups in total.